The van der Waals surface area contributed by atoms with E-state index < -0.39 is 16.4 Å². The van der Waals surface area contributed by atoms with E-state index in [0.717, 1.165) is 0 Å². The molecule has 0 aliphatic rings. The minimum absolute atomic E-state index is 2.25. The molecule has 0 aromatic heterocycles. The van der Waals surface area contributed by atoms with Crippen molar-refractivity contribution in [3.05, 3.63) is 0 Å². The van der Waals surface area contributed by atoms with Crippen molar-refractivity contribution in [1.82, 2.24) is 0 Å². The van der Waals surface area contributed by atoms with E-state index >= 15 is 0 Å². The molecule has 0 radical (unpaired) electrons. The Morgan fingerprint density at radius 3 is 1.78 bits per heavy atom. The molecule has 0 spiro atoms. The van der Waals surface area contributed by atoms with E-state index in [4.69, 9.17) is 9.79 Å². The first-order valence-electron chi connectivity index (χ1n) is 1.60. The van der Waals surface area contributed by atoms with Gasteiger partial charge in [0.1, 0.15) is 0 Å². The third-order valence-electron chi connectivity index (χ3n) is 0.464. The maximum atomic E-state index is 10.0. The van der Waals surface area contributed by atoms with Crippen LogP contribution in [0.5, 0.6) is 0 Å². The molecule has 8 heteroatoms. The number of nitrogens with zero attached hydrogens (tertiary/aromatic N) is 1. The number of rotatable bonds is 2. The summed E-state index contributed by atoms with van der Waals surface area (Å²) in [5.41, 5.74) is 0. The molecule has 0 bridgehead atoms. The van der Waals surface area contributed by atoms with Gasteiger partial charge in [0.2, 0.25) is 0 Å². The van der Waals surface area contributed by atoms with Gasteiger partial charge >= 0.3 is 16.4 Å². The molecule has 0 heterocycles. The Hall–Kier alpha value is -0.230. The summed E-state index contributed by atoms with van der Waals surface area (Å²) in [5, 5.41) is 0. The van der Waals surface area contributed by atoms with Gasteiger partial charge < -0.3 is 9.79 Å². The largest absolute Gasteiger partial charge is 0.461 e. The first-order valence-corrected chi connectivity index (χ1v) is 5.25. The van der Waals surface area contributed by atoms with Crippen LogP contribution in [-0.2, 0) is 14.2 Å². The number of hydrogen-bond donors (Lipinski definition) is 2. The number of hydrogen-bond acceptors (Lipinski definition) is 3. The Morgan fingerprint density at radius 2 is 1.78 bits per heavy atom. The topological polar surface area (TPSA) is 104 Å². The van der Waals surface area contributed by atoms with Gasteiger partial charge in [-0.05, 0) is 0 Å². The van der Waals surface area contributed by atoms with Crippen molar-refractivity contribution in [2.24, 2.45) is 4.40 Å². The summed E-state index contributed by atoms with van der Waals surface area (Å²) in [6, 6.07) is 0. The van der Waals surface area contributed by atoms with Crippen molar-refractivity contribution in [3.63, 3.8) is 0 Å². The molecule has 0 amide bonds. The van der Waals surface area contributed by atoms with Crippen LogP contribution in [0.2, 0.25) is 0 Å². The maximum absolute atomic E-state index is 10.0. The highest BCUT2D eigenvalue weighted by atomic mass is 32.8. The minimum atomic E-state index is -5.13. The fourth-order valence-corrected chi connectivity index (χ4v) is 0.677. The Kier molecular flexibility index (Phi) is 2.13. The van der Waals surface area contributed by atoms with Gasteiger partial charge in [0.15, 0.2) is 0 Å². The van der Waals surface area contributed by atoms with Crippen molar-refractivity contribution in [3.8, 4) is 0 Å². The predicted octanol–water partition coefficient (Wildman–Crippen LogP) is -0.891. The average molecular weight is 173 g/mol. The van der Waals surface area contributed by atoms with Gasteiger partial charge in [0.05, 0.1) is 0 Å². The highest BCUT2D eigenvalue weighted by molar-refractivity contribution is 8.48. The van der Waals surface area contributed by atoms with Crippen LogP contribution in [0.3, 0.4) is 0 Å². The molecule has 0 aliphatic heterocycles. The fraction of sp³-hybridized carbons (Fsp3) is 0. The molecule has 0 aromatic rings. The summed E-state index contributed by atoms with van der Waals surface area (Å²) in [5.74, 6) is 0. The summed E-state index contributed by atoms with van der Waals surface area (Å²) in [7, 11) is -4.66. The van der Waals surface area contributed by atoms with E-state index in [1.165, 1.54) is 0 Å². The van der Waals surface area contributed by atoms with Gasteiger partial charge in [-0.15, -0.1) is 0 Å². The molecule has 0 aromatic carbocycles. The summed E-state index contributed by atoms with van der Waals surface area (Å²) in [6.07, 6.45) is 0. The molecule has 0 aliphatic carbocycles. The van der Waals surface area contributed by atoms with Crippen LogP contribution in [0.4, 0.5) is 0 Å². The molecule has 0 atom stereocenters. The quantitative estimate of drug-likeness (QED) is 0.416. The van der Waals surface area contributed by atoms with Gasteiger partial charge in [0.25, 0.3) is 0 Å². The van der Waals surface area contributed by atoms with Crippen molar-refractivity contribution in [2.45, 2.75) is 0 Å². The standard InChI is InChI=1S/CH4NO5PS/c1-2-9(6,7)8(3,4)5/h1H2,(H2,3,4,5). The van der Waals surface area contributed by atoms with Crippen molar-refractivity contribution in [2.75, 3.05) is 0 Å². The molecular formula is CH4NO5PS. The Balaban J connectivity index is 5.04. The predicted molar refractivity (Wildman–Crippen MR) is 30.5 cm³/mol. The van der Waals surface area contributed by atoms with E-state index in [0.29, 0.717) is 0 Å². The highest BCUT2D eigenvalue weighted by Crippen LogP contribution is 2.43. The lowest BCUT2D eigenvalue weighted by molar-refractivity contribution is 0.390. The van der Waals surface area contributed by atoms with Gasteiger partial charge in [0, 0.05) is 6.72 Å². The van der Waals surface area contributed by atoms with E-state index in [2.05, 4.69) is 11.1 Å². The lowest BCUT2D eigenvalue weighted by atomic mass is 11.8. The lowest BCUT2D eigenvalue weighted by Gasteiger charge is -1.96. The Morgan fingerprint density at radius 1 is 1.44 bits per heavy atom. The van der Waals surface area contributed by atoms with Crippen LogP contribution in [-0.4, -0.2) is 24.9 Å². The molecule has 0 unspecified atom stereocenters. The normalized spacial score (nSPS) is 13.1. The molecular weight excluding hydrogens is 169 g/mol. The first-order chi connectivity index (χ1) is 3.81. The summed E-state index contributed by atoms with van der Waals surface area (Å²) >= 11 is 0. The second-order valence-corrected chi connectivity index (χ2v) is 6.01. The summed E-state index contributed by atoms with van der Waals surface area (Å²) in [4.78, 5) is 15.9. The van der Waals surface area contributed by atoms with Crippen molar-refractivity contribution in [1.29, 1.82) is 0 Å². The van der Waals surface area contributed by atoms with Crippen LogP contribution in [0, 0.1) is 0 Å². The van der Waals surface area contributed by atoms with Gasteiger partial charge in [-0.3, -0.25) is 0 Å². The van der Waals surface area contributed by atoms with E-state index in [1.807, 2.05) is 0 Å². The zero-order valence-corrected chi connectivity index (χ0v) is 5.84. The average Bonchev–Trinajstić information content (AvgIpc) is 1.64. The second kappa shape index (κ2) is 2.18. The zero-order valence-electron chi connectivity index (χ0n) is 4.13. The van der Waals surface area contributed by atoms with Gasteiger partial charge in [-0.2, -0.15) is 12.8 Å². The van der Waals surface area contributed by atoms with Crippen LogP contribution in [0.1, 0.15) is 0 Å². The molecule has 0 fully saturated rings. The lowest BCUT2D eigenvalue weighted by Crippen LogP contribution is -1.94. The Bertz CT molecular complexity index is 246. The van der Waals surface area contributed by atoms with E-state index in [9.17, 15) is 13.0 Å². The van der Waals surface area contributed by atoms with E-state index in [-0.39, 0.29) is 0 Å². The minimum Gasteiger partial charge on any atom is -0.312 e. The summed E-state index contributed by atoms with van der Waals surface area (Å²) in [6.45, 7) is -2.66. The molecule has 2 N–H and O–H groups in total. The van der Waals surface area contributed by atoms with Gasteiger partial charge in [-0.1, -0.05) is 0 Å². The monoisotopic (exact) mass is 173 g/mol. The van der Waals surface area contributed by atoms with E-state index in [1.54, 1.807) is 0 Å². The molecule has 0 saturated carbocycles. The maximum Gasteiger partial charge on any atom is 0.461 e. The Labute approximate surface area is 51.2 Å². The highest BCUT2D eigenvalue weighted by Gasteiger charge is 2.32. The second-order valence-electron chi connectivity index (χ2n) is 1.07. The van der Waals surface area contributed by atoms with Crippen molar-refractivity contribution >= 4 is 23.2 Å². The molecule has 54 valence electrons. The van der Waals surface area contributed by atoms with Crippen LogP contribution in [0.15, 0.2) is 4.40 Å². The van der Waals surface area contributed by atoms with Gasteiger partial charge in [-0.25, -0.2) is 4.57 Å². The fourth-order valence-electron chi connectivity index (χ4n) is 0.0752. The zero-order chi connectivity index (χ0) is 7.71. The van der Waals surface area contributed by atoms with Crippen LogP contribution >= 0.6 is 6.80 Å². The first kappa shape index (κ1) is 8.77. The molecule has 9 heavy (non-hydrogen) atoms. The van der Waals surface area contributed by atoms with Crippen LogP contribution < -0.4 is 0 Å². The summed E-state index contributed by atoms with van der Waals surface area (Å²) < 4.78 is 32.2. The molecule has 0 saturated heterocycles. The van der Waals surface area contributed by atoms with Crippen LogP contribution in [0.25, 0.3) is 0 Å². The van der Waals surface area contributed by atoms with Crippen molar-refractivity contribution < 1.29 is 22.8 Å². The molecule has 6 nitrogen and oxygen atoms in total. The third kappa shape index (κ3) is 1.87. The SMILES string of the molecule is C=NS(=O)(=O)P(=O)(O)O. The smallest absolute Gasteiger partial charge is 0.312 e. The molecule has 0 rings (SSSR count). The third-order valence-corrected chi connectivity index (χ3v) is 3.54.